The second kappa shape index (κ2) is 9.03. The molecule has 0 saturated heterocycles. The van der Waals surface area contributed by atoms with Crippen LogP contribution in [0.5, 0.6) is 0 Å². The molecule has 1 saturated carbocycles. The van der Waals surface area contributed by atoms with Crippen molar-refractivity contribution in [3.05, 3.63) is 34.9 Å². The lowest BCUT2D eigenvalue weighted by Crippen LogP contribution is -2.37. The lowest BCUT2D eigenvalue weighted by atomic mass is 9.83. The maximum atomic E-state index is 12.6. The third-order valence-electron chi connectivity index (χ3n) is 6.05. The van der Waals surface area contributed by atoms with Gasteiger partial charge < -0.3 is 10.1 Å². The molecule has 0 radical (unpaired) electrons. The van der Waals surface area contributed by atoms with E-state index in [9.17, 15) is 9.59 Å². The molecule has 0 spiro atoms. The Hall–Kier alpha value is -2.35. The Bertz CT molecular complexity index is 730. The number of aryl methyl sites for hydroxylation is 1. The van der Waals surface area contributed by atoms with Crippen LogP contribution in [0, 0.1) is 23.2 Å². The first-order chi connectivity index (χ1) is 13.1. The summed E-state index contributed by atoms with van der Waals surface area (Å²) in [4.78, 5) is 23.9. The van der Waals surface area contributed by atoms with Crippen molar-refractivity contribution in [2.75, 3.05) is 7.11 Å². The molecule has 1 atom stereocenters. The Labute approximate surface area is 161 Å². The first-order valence-electron chi connectivity index (χ1n) is 9.98. The maximum absolute atomic E-state index is 12.6. The molecule has 0 bridgehead atoms. The van der Waals surface area contributed by atoms with Crippen LogP contribution in [0.3, 0.4) is 0 Å². The van der Waals surface area contributed by atoms with Crippen LogP contribution < -0.4 is 5.32 Å². The molecule has 3 rings (SSSR count). The molecule has 1 unspecified atom stereocenters. The Morgan fingerprint density at radius 2 is 1.96 bits per heavy atom. The summed E-state index contributed by atoms with van der Waals surface area (Å²) in [6.07, 6.45) is 7.93. The van der Waals surface area contributed by atoms with E-state index >= 15 is 0 Å². The van der Waals surface area contributed by atoms with Crippen molar-refractivity contribution in [2.45, 2.75) is 63.8 Å². The molecule has 0 aliphatic heterocycles. The van der Waals surface area contributed by atoms with Crippen LogP contribution in [0.25, 0.3) is 0 Å². The molecular formula is C22H28N2O3. The predicted octanol–water partition coefficient (Wildman–Crippen LogP) is 3.56. The number of methoxy groups -OCH3 is 1. The summed E-state index contributed by atoms with van der Waals surface area (Å²) in [5.74, 6) is 0.512. The van der Waals surface area contributed by atoms with Gasteiger partial charge in [0.2, 0.25) is 0 Å². The number of esters is 1. The van der Waals surface area contributed by atoms with E-state index in [1.165, 1.54) is 18.2 Å². The molecular weight excluding hydrogens is 340 g/mol. The zero-order valence-electron chi connectivity index (χ0n) is 16.0. The number of benzene rings is 1. The van der Waals surface area contributed by atoms with E-state index in [0.717, 1.165) is 56.9 Å². The fourth-order valence-electron chi connectivity index (χ4n) is 4.29. The van der Waals surface area contributed by atoms with Gasteiger partial charge >= 0.3 is 5.97 Å². The van der Waals surface area contributed by atoms with Gasteiger partial charge in [-0.15, -0.1) is 0 Å². The molecule has 1 aromatic rings. The highest BCUT2D eigenvalue weighted by atomic mass is 16.5. The van der Waals surface area contributed by atoms with E-state index in [-0.39, 0.29) is 23.8 Å². The molecule has 5 heteroatoms. The van der Waals surface area contributed by atoms with Gasteiger partial charge in [0.05, 0.1) is 19.1 Å². The monoisotopic (exact) mass is 368 g/mol. The zero-order valence-corrected chi connectivity index (χ0v) is 16.0. The van der Waals surface area contributed by atoms with E-state index in [1.54, 1.807) is 0 Å². The van der Waals surface area contributed by atoms with E-state index in [0.29, 0.717) is 12.3 Å². The van der Waals surface area contributed by atoms with Gasteiger partial charge in [0, 0.05) is 18.0 Å². The smallest absolute Gasteiger partial charge is 0.305 e. The number of nitrogens with one attached hydrogen (secondary N) is 1. The van der Waals surface area contributed by atoms with E-state index in [4.69, 9.17) is 10.00 Å². The highest BCUT2D eigenvalue weighted by Gasteiger charge is 2.24. The topological polar surface area (TPSA) is 79.2 Å². The Balaban J connectivity index is 1.49. The number of carbonyl (C=O) groups excluding carboxylic acids is 2. The summed E-state index contributed by atoms with van der Waals surface area (Å²) in [6.45, 7) is 0. The van der Waals surface area contributed by atoms with Gasteiger partial charge in [0.25, 0.3) is 5.91 Å². The summed E-state index contributed by atoms with van der Waals surface area (Å²) >= 11 is 0. The zero-order chi connectivity index (χ0) is 19.2. The third kappa shape index (κ3) is 5.09. The standard InChI is InChI=1S/C22H28N2O3/c1-27-21(25)11-5-15-3-9-20(10-4-15)24-22(26)19-8-7-17-12-16(14-23)2-6-18(17)13-19/h7-8,13,15-16,20H,2-6,9-12H2,1H3,(H,24,26). The molecule has 1 amide bonds. The number of rotatable bonds is 5. The highest BCUT2D eigenvalue weighted by molar-refractivity contribution is 5.94. The average Bonchev–Trinajstić information content (AvgIpc) is 2.72. The van der Waals surface area contributed by atoms with Crippen LogP contribution >= 0.6 is 0 Å². The van der Waals surface area contributed by atoms with E-state index in [2.05, 4.69) is 11.4 Å². The number of hydrogen-bond donors (Lipinski definition) is 1. The second-order valence-electron chi connectivity index (χ2n) is 7.86. The highest BCUT2D eigenvalue weighted by Crippen LogP contribution is 2.29. The van der Waals surface area contributed by atoms with Gasteiger partial charge in [0.15, 0.2) is 0 Å². The van der Waals surface area contributed by atoms with Crippen LogP contribution in [0.4, 0.5) is 0 Å². The summed E-state index contributed by atoms with van der Waals surface area (Å²) in [5, 5.41) is 12.3. The number of nitrogens with zero attached hydrogens (tertiary/aromatic N) is 1. The first kappa shape index (κ1) is 19.4. The van der Waals surface area contributed by atoms with Gasteiger partial charge in [0.1, 0.15) is 0 Å². The molecule has 0 aromatic heterocycles. The first-order valence-corrected chi connectivity index (χ1v) is 9.98. The minimum absolute atomic E-state index is 0.00165. The molecule has 27 heavy (non-hydrogen) atoms. The van der Waals surface area contributed by atoms with Crippen molar-refractivity contribution in [2.24, 2.45) is 11.8 Å². The minimum Gasteiger partial charge on any atom is -0.469 e. The number of carbonyl (C=O) groups is 2. The number of hydrogen-bond acceptors (Lipinski definition) is 4. The summed E-state index contributed by atoms with van der Waals surface area (Å²) in [7, 11) is 1.43. The lowest BCUT2D eigenvalue weighted by Gasteiger charge is -2.29. The Morgan fingerprint density at radius 1 is 1.19 bits per heavy atom. The van der Waals surface area contributed by atoms with Crippen molar-refractivity contribution in [1.29, 1.82) is 5.26 Å². The summed E-state index contributed by atoms with van der Waals surface area (Å²) < 4.78 is 4.70. The molecule has 2 aliphatic rings. The van der Waals surface area contributed by atoms with E-state index in [1.807, 2.05) is 18.2 Å². The van der Waals surface area contributed by atoms with Crippen LogP contribution in [0.2, 0.25) is 0 Å². The van der Waals surface area contributed by atoms with Crippen molar-refractivity contribution < 1.29 is 14.3 Å². The number of amides is 1. The number of nitriles is 1. The van der Waals surface area contributed by atoms with Gasteiger partial charge in [-0.2, -0.15) is 5.26 Å². The van der Waals surface area contributed by atoms with Crippen molar-refractivity contribution in [1.82, 2.24) is 5.32 Å². The largest absolute Gasteiger partial charge is 0.469 e. The molecule has 1 N–H and O–H groups in total. The lowest BCUT2D eigenvalue weighted by molar-refractivity contribution is -0.141. The molecule has 1 fully saturated rings. The van der Waals surface area contributed by atoms with Gasteiger partial charge in [-0.05, 0) is 80.5 Å². The van der Waals surface area contributed by atoms with Crippen LogP contribution in [-0.4, -0.2) is 25.0 Å². The Kier molecular flexibility index (Phi) is 6.49. The van der Waals surface area contributed by atoms with Gasteiger partial charge in [-0.1, -0.05) is 6.07 Å². The molecule has 144 valence electrons. The number of fused-ring (bicyclic) bond motifs is 1. The van der Waals surface area contributed by atoms with E-state index < -0.39 is 0 Å². The fraction of sp³-hybridized carbons (Fsp3) is 0.591. The second-order valence-corrected chi connectivity index (χ2v) is 7.86. The summed E-state index contributed by atoms with van der Waals surface area (Å²) in [6, 6.07) is 8.46. The fourth-order valence-corrected chi connectivity index (χ4v) is 4.29. The van der Waals surface area contributed by atoms with Crippen molar-refractivity contribution in [3.63, 3.8) is 0 Å². The third-order valence-corrected chi connectivity index (χ3v) is 6.05. The van der Waals surface area contributed by atoms with Crippen molar-refractivity contribution >= 4 is 11.9 Å². The SMILES string of the molecule is COC(=O)CCC1CCC(NC(=O)c2ccc3c(c2)CCC(C#N)C3)CC1. The van der Waals surface area contributed by atoms with Gasteiger partial charge in [-0.25, -0.2) is 0 Å². The minimum atomic E-state index is -0.140. The normalized spacial score (nSPS) is 24.4. The van der Waals surface area contributed by atoms with Crippen LogP contribution in [0.1, 0.15) is 66.4 Å². The van der Waals surface area contributed by atoms with Crippen molar-refractivity contribution in [3.8, 4) is 6.07 Å². The molecule has 2 aliphatic carbocycles. The van der Waals surface area contributed by atoms with Crippen LogP contribution in [0.15, 0.2) is 18.2 Å². The van der Waals surface area contributed by atoms with Gasteiger partial charge in [-0.3, -0.25) is 9.59 Å². The number of ether oxygens (including phenoxy) is 1. The summed E-state index contributed by atoms with van der Waals surface area (Å²) in [5.41, 5.74) is 3.13. The van der Waals surface area contributed by atoms with Crippen LogP contribution in [-0.2, 0) is 22.4 Å². The quantitative estimate of drug-likeness (QED) is 0.806. The Morgan fingerprint density at radius 3 is 2.67 bits per heavy atom. The average molecular weight is 368 g/mol. The molecule has 0 heterocycles. The molecule has 1 aromatic carbocycles. The molecule has 5 nitrogen and oxygen atoms in total. The predicted molar refractivity (Wildman–Crippen MR) is 102 cm³/mol. The maximum Gasteiger partial charge on any atom is 0.305 e.